The Bertz CT molecular complexity index is 105. The molecule has 0 aromatic rings. The van der Waals surface area contributed by atoms with Gasteiger partial charge in [0, 0.05) is 13.2 Å². The highest BCUT2D eigenvalue weighted by Crippen LogP contribution is 2.04. The van der Waals surface area contributed by atoms with Crippen LogP contribution in [0.5, 0.6) is 0 Å². The highest BCUT2D eigenvalue weighted by molar-refractivity contribution is 9.10. The average molecular weight is 211 g/mol. The van der Waals surface area contributed by atoms with Gasteiger partial charge < -0.3 is 9.84 Å². The van der Waals surface area contributed by atoms with Crippen molar-refractivity contribution in [1.82, 2.24) is 0 Å². The molecule has 1 atom stereocenters. The maximum atomic E-state index is 10.2. The number of carboxylic acid groups (broad SMARTS) is 1. The minimum absolute atomic E-state index is 0.473. The molecule has 0 aliphatic carbocycles. The Morgan fingerprint density at radius 2 is 2.40 bits per heavy atom. The summed E-state index contributed by atoms with van der Waals surface area (Å²) >= 11 is 2.99. The number of carboxylic acids is 1. The Labute approximate surface area is 68.5 Å². The fourth-order valence-electron chi connectivity index (χ4n) is 0.455. The smallest absolute Gasteiger partial charge is 0.317 e. The lowest BCUT2D eigenvalue weighted by molar-refractivity contribution is -0.136. The Morgan fingerprint density at radius 3 is 2.80 bits per heavy atom. The van der Waals surface area contributed by atoms with E-state index in [1.807, 2.05) is 6.92 Å². The highest BCUT2D eigenvalue weighted by atomic mass is 79.9. The van der Waals surface area contributed by atoms with Crippen LogP contribution in [-0.4, -0.2) is 29.1 Å². The zero-order valence-electron chi connectivity index (χ0n) is 5.84. The van der Waals surface area contributed by atoms with Gasteiger partial charge in [-0.3, -0.25) is 4.79 Å². The van der Waals surface area contributed by atoms with Gasteiger partial charge >= 0.3 is 5.97 Å². The van der Waals surface area contributed by atoms with Crippen molar-refractivity contribution in [3.63, 3.8) is 0 Å². The third kappa shape index (κ3) is 4.76. The third-order valence-electron chi connectivity index (χ3n) is 0.988. The number of ether oxygens (including phenoxy) is 1. The van der Waals surface area contributed by atoms with Crippen molar-refractivity contribution in [2.24, 2.45) is 0 Å². The molecular weight excluding hydrogens is 200 g/mol. The highest BCUT2D eigenvalue weighted by Gasteiger charge is 2.11. The van der Waals surface area contributed by atoms with Crippen LogP contribution in [0.3, 0.4) is 0 Å². The van der Waals surface area contributed by atoms with Gasteiger partial charge in [0.25, 0.3) is 0 Å². The summed E-state index contributed by atoms with van der Waals surface area (Å²) in [6, 6.07) is 0. The molecule has 4 heteroatoms. The lowest BCUT2D eigenvalue weighted by Gasteiger charge is -2.02. The molecule has 0 aliphatic heterocycles. The first-order valence-corrected chi connectivity index (χ1v) is 4.04. The third-order valence-corrected chi connectivity index (χ3v) is 1.84. The first-order chi connectivity index (χ1) is 4.68. The number of hydrogen-bond acceptors (Lipinski definition) is 2. The molecule has 0 heterocycles. The fourth-order valence-corrected chi connectivity index (χ4v) is 0.642. The van der Waals surface area contributed by atoms with E-state index >= 15 is 0 Å². The molecule has 0 radical (unpaired) electrons. The predicted octanol–water partition coefficient (Wildman–Crippen LogP) is 1.26. The molecule has 0 amide bonds. The molecule has 0 saturated heterocycles. The van der Waals surface area contributed by atoms with Gasteiger partial charge in [-0.25, -0.2) is 0 Å². The van der Waals surface area contributed by atoms with E-state index in [1.165, 1.54) is 0 Å². The van der Waals surface area contributed by atoms with Crippen LogP contribution in [0.15, 0.2) is 0 Å². The van der Waals surface area contributed by atoms with Gasteiger partial charge in [-0.1, -0.05) is 15.9 Å². The van der Waals surface area contributed by atoms with Crippen molar-refractivity contribution < 1.29 is 14.6 Å². The van der Waals surface area contributed by atoms with E-state index in [9.17, 15) is 4.79 Å². The summed E-state index contributed by atoms with van der Waals surface area (Å²) in [6.07, 6.45) is 0.517. The molecule has 3 nitrogen and oxygen atoms in total. The molecule has 0 rings (SSSR count). The van der Waals surface area contributed by atoms with E-state index in [-0.39, 0.29) is 0 Å². The maximum absolute atomic E-state index is 10.2. The number of aliphatic carboxylic acids is 1. The lowest BCUT2D eigenvalue weighted by atomic mass is 10.3. The van der Waals surface area contributed by atoms with Crippen molar-refractivity contribution >= 4 is 21.9 Å². The van der Waals surface area contributed by atoms with Crippen LogP contribution in [0.4, 0.5) is 0 Å². The summed E-state index contributed by atoms with van der Waals surface area (Å²) in [5, 5.41) is 8.38. The van der Waals surface area contributed by atoms with Crippen molar-refractivity contribution in [1.29, 1.82) is 0 Å². The number of carbonyl (C=O) groups is 1. The average Bonchev–Trinajstić information content (AvgIpc) is 1.88. The molecule has 1 unspecified atom stereocenters. The van der Waals surface area contributed by atoms with Gasteiger partial charge in [-0.2, -0.15) is 0 Å². The summed E-state index contributed by atoms with van der Waals surface area (Å²) in [6.45, 7) is 3.02. The normalized spacial score (nSPS) is 13.0. The molecule has 1 N–H and O–H groups in total. The number of rotatable bonds is 5. The second-order valence-corrected chi connectivity index (χ2v) is 2.90. The zero-order valence-corrected chi connectivity index (χ0v) is 7.43. The van der Waals surface area contributed by atoms with Crippen LogP contribution >= 0.6 is 15.9 Å². The molecule has 0 spiro atoms. The summed E-state index contributed by atoms with van der Waals surface area (Å²) in [4.78, 5) is 9.72. The van der Waals surface area contributed by atoms with E-state index in [1.54, 1.807) is 0 Å². The SMILES string of the molecule is CCOCCC(Br)C(=O)O. The van der Waals surface area contributed by atoms with Crippen molar-refractivity contribution in [3.8, 4) is 0 Å². The Balaban J connectivity index is 3.21. The largest absolute Gasteiger partial charge is 0.480 e. The molecule has 0 aromatic carbocycles. The Kier molecular flexibility index (Phi) is 5.63. The number of halogens is 1. The second-order valence-electron chi connectivity index (χ2n) is 1.79. The molecule has 0 bridgehead atoms. The van der Waals surface area contributed by atoms with Crippen LogP contribution in [0.25, 0.3) is 0 Å². The van der Waals surface area contributed by atoms with Crippen LogP contribution < -0.4 is 0 Å². The summed E-state index contributed by atoms with van der Waals surface area (Å²) < 4.78 is 4.96. The Morgan fingerprint density at radius 1 is 1.80 bits per heavy atom. The molecule has 0 fully saturated rings. The van der Waals surface area contributed by atoms with Crippen molar-refractivity contribution in [3.05, 3.63) is 0 Å². The van der Waals surface area contributed by atoms with Gasteiger partial charge in [0.2, 0.25) is 0 Å². The summed E-state index contributed by atoms with van der Waals surface area (Å²) in [5.74, 6) is -0.834. The summed E-state index contributed by atoms with van der Waals surface area (Å²) in [7, 11) is 0. The minimum atomic E-state index is -0.834. The van der Waals surface area contributed by atoms with Crippen LogP contribution in [0, 0.1) is 0 Å². The summed E-state index contributed by atoms with van der Waals surface area (Å²) in [5.41, 5.74) is 0. The Hall–Kier alpha value is -0.0900. The standard InChI is InChI=1S/C6H11BrO3/c1-2-10-4-3-5(7)6(8)9/h5H,2-4H2,1H3,(H,8,9). The lowest BCUT2D eigenvalue weighted by Crippen LogP contribution is -2.14. The number of alkyl halides is 1. The fraction of sp³-hybridized carbons (Fsp3) is 0.833. The van der Waals surface area contributed by atoms with Gasteiger partial charge in [0.05, 0.1) is 0 Å². The monoisotopic (exact) mass is 210 g/mol. The molecule has 10 heavy (non-hydrogen) atoms. The van der Waals surface area contributed by atoms with Gasteiger partial charge in [-0.05, 0) is 13.3 Å². The minimum Gasteiger partial charge on any atom is -0.480 e. The van der Waals surface area contributed by atoms with E-state index in [2.05, 4.69) is 15.9 Å². The second kappa shape index (κ2) is 5.68. The van der Waals surface area contributed by atoms with Crippen LogP contribution in [0.1, 0.15) is 13.3 Å². The predicted molar refractivity (Wildman–Crippen MR) is 41.5 cm³/mol. The number of hydrogen-bond donors (Lipinski definition) is 1. The van der Waals surface area contributed by atoms with Crippen molar-refractivity contribution in [2.75, 3.05) is 13.2 Å². The molecule has 60 valence electrons. The zero-order chi connectivity index (χ0) is 7.98. The van der Waals surface area contributed by atoms with E-state index in [0.29, 0.717) is 19.6 Å². The molecule has 0 aliphatic rings. The maximum Gasteiger partial charge on any atom is 0.317 e. The molecule has 0 aromatic heterocycles. The van der Waals surface area contributed by atoms with E-state index in [4.69, 9.17) is 9.84 Å². The first-order valence-electron chi connectivity index (χ1n) is 3.13. The van der Waals surface area contributed by atoms with Gasteiger partial charge in [0.1, 0.15) is 4.83 Å². The van der Waals surface area contributed by atoms with Gasteiger partial charge in [-0.15, -0.1) is 0 Å². The van der Waals surface area contributed by atoms with Gasteiger partial charge in [0.15, 0.2) is 0 Å². The molecular formula is C6H11BrO3. The van der Waals surface area contributed by atoms with Crippen LogP contribution in [-0.2, 0) is 9.53 Å². The van der Waals surface area contributed by atoms with Crippen molar-refractivity contribution in [2.45, 2.75) is 18.2 Å². The van der Waals surface area contributed by atoms with Crippen LogP contribution in [0.2, 0.25) is 0 Å². The first kappa shape index (κ1) is 9.91. The topological polar surface area (TPSA) is 46.5 Å². The van der Waals surface area contributed by atoms with E-state index < -0.39 is 10.8 Å². The molecule has 0 saturated carbocycles. The van der Waals surface area contributed by atoms with E-state index in [0.717, 1.165) is 0 Å². The quantitative estimate of drug-likeness (QED) is 0.550.